The van der Waals surface area contributed by atoms with Crippen molar-refractivity contribution in [1.82, 2.24) is 5.32 Å². The smallest absolute Gasteiger partial charge is 0.228 e. The van der Waals surface area contributed by atoms with Gasteiger partial charge in [0, 0.05) is 10.7 Å². The highest BCUT2D eigenvalue weighted by atomic mass is 35.5. The van der Waals surface area contributed by atoms with Crippen LogP contribution in [0, 0.1) is 18.8 Å². The van der Waals surface area contributed by atoms with E-state index in [1.54, 1.807) is 36.6 Å². The first kappa shape index (κ1) is 15.6. The van der Waals surface area contributed by atoms with Crippen molar-refractivity contribution in [1.29, 1.82) is 0 Å². The van der Waals surface area contributed by atoms with Gasteiger partial charge in [0.2, 0.25) is 11.8 Å². The zero-order valence-electron chi connectivity index (χ0n) is 12.6. The summed E-state index contributed by atoms with van der Waals surface area (Å²) < 4.78 is 5.16. The molecule has 2 atom stereocenters. The first-order valence-corrected chi connectivity index (χ1v) is 7.79. The minimum absolute atomic E-state index is 0.116. The topological polar surface area (TPSA) is 71.3 Å². The summed E-state index contributed by atoms with van der Waals surface area (Å²) in [5.74, 6) is -0.0982. The molecule has 2 amide bonds. The molecule has 2 N–H and O–H groups in total. The molecule has 1 saturated carbocycles. The number of furan rings is 1. The normalized spacial score (nSPS) is 19.2. The monoisotopic (exact) mass is 332 g/mol. The highest BCUT2D eigenvalue weighted by Crippen LogP contribution is 2.39. The maximum Gasteiger partial charge on any atom is 0.228 e. The Bertz CT molecular complexity index is 727. The van der Waals surface area contributed by atoms with Gasteiger partial charge in [-0.05, 0) is 49.2 Å². The zero-order chi connectivity index (χ0) is 16.4. The van der Waals surface area contributed by atoms with Gasteiger partial charge in [0.1, 0.15) is 5.76 Å². The molecular formula is C17H17ClN2O3. The highest BCUT2D eigenvalue weighted by molar-refractivity contribution is 6.30. The van der Waals surface area contributed by atoms with E-state index in [4.69, 9.17) is 16.0 Å². The maximum atomic E-state index is 12.2. The molecule has 1 aliphatic rings. The Morgan fingerprint density at radius 1 is 1.26 bits per heavy atom. The molecule has 6 heteroatoms. The van der Waals surface area contributed by atoms with Crippen molar-refractivity contribution in [3.05, 3.63) is 52.9 Å². The molecule has 0 aliphatic heterocycles. The molecule has 0 spiro atoms. The molecule has 3 rings (SSSR count). The van der Waals surface area contributed by atoms with Gasteiger partial charge >= 0.3 is 0 Å². The van der Waals surface area contributed by atoms with E-state index in [0.717, 1.165) is 11.3 Å². The summed E-state index contributed by atoms with van der Waals surface area (Å²) in [5, 5.41) is 6.27. The Morgan fingerprint density at radius 3 is 2.74 bits per heavy atom. The lowest BCUT2D eigenvalue weighted by molar-refractivity contribution is -0.125. The summed E-state index contributed by atoms with van der Waals surface area (Å²) >= 11 is 5.90. The molecule has 1 aliphatic carbocycles. The molecule has 1 aromatic heterocycles. The lowest BCUT2D eigenvalue weighted by atomic mass is 10.2. The number of hydrogen-bond acceptors (Lipinski definition) is 3. The summed E-state index contributed by atoms with van der Waals surface area (Å²) in [7, 11) is 0. The zero-order valence-corrected chi connectivity index (χ0v) is 13.4. The van der Waals surface area contributed by atoms with Crippen molar-refractivity contribution in [2.24, 2.45) is 11.8 Å². The molecule has 0 saturated heterocycles. The minimum Gasteiger partial charge on any atom is -0.467 e. The predicted molar refractivity (Wildman–Crippen MR) is 87.0 cm³/mol. The van der Waals surface area contributed by atoms with E-state index in [9.17, 15) is 9.59 Å². The van der Waals surface area contributed by atoms with Crippen LogP contribution in [-0.4, -0.2) is 11.8 Å². The first-order chi connectivity index (χ1) is 11.0. The molecule has 23 heavy (non-hydrogen) atoms. The predicted octanol–water partition coefficient (Wildman–Crippen LogP) is 3.13. The van der Waals surface area contributed by atoms with E-state index in [0.29, 0.717) is 23.7 Å². The van der Waals surface area contributed by atoms with E-state index < -0.39 is 0 Å². The quantitative estimate of drug-likeness (QED) is 0.883. The number of carbonyl (C=O) groups excluding carboxylic acids is 2. The number of halogens is 1. The molecule has 1 heterocycles. The van der Waals surface area contributed by atoms with Gasteiger partial charge in [-0.3, -0.25) is 9.59 Å². The molecule has 120 valence electrons. The fourth-order valence-corrected chi connectivity index (χ4v) is 2.71. The third kappa shape index (κ3) is 3.74. The number of benzene rings is 1. The number of anilines is 1. The molecule has 1 fully saturated rings. The van der Waals surface area contributed by atoms with Gasteiger partial charge in [-0.2, -0.15) is 0 Å². The van der Waals surface area contributed by atoms with Crippen LogP contribution < -0.4 is 10.6 Å². The van der Waals surface area contributed by atoms with Crippen LogP contribution in [0.3, 0.4) is 0 Å². The van der Waals surface area contributed by atoms with Gasteiger partial charge in [-0.25, -0.2) is 0 Å². The second kappa shape index (κ2) is 6.46. The average Bonchev–Trinajstić information content (AvgIpc) is 3.16. The Morgan fingerprint density at radius 2 is 2.04 bits per heavy atom. The lowest BCUT2D eigenvalue weighted by Gasteiger charge is -2.08. The number of carbonyl (C=O) groups is 2. The van der Waals surface area contributed by atoms with Crippen LogP contribution in [0.2, 0.25) is 5.02 Å². The number of aryl methyl sites for hydroxylation is 1. The number of nitrogens with one attached hydrogen (secondary N) is 2. The van der Waals surface area contributed by atoms with Gasteiger partial charge in [0.25, 0.3) is 0 Å². The summed E-state index contributed by atoms with van der Waals surface area (Å²) in [6, 6.07) is 8.84. The van der Waals surface area contributed by atoms with E-state index in [1.165, 1.54) is 0 Å². The molecule has 2 unspecified atom stereocenters. The third-order valence-corrected chi connectivity index (χ3v) is 4.16. The maximum absolute atomic E-state index is 12.2. The number of amides is 2. The van der Waals surface area contributed by atoms with Crippen LogP contribution in [0.25, 0.3) is 0 Å². The van der Waals surface area contributed by atoms with E-state index >= 15 is 0 Å². The summed E-state index contributed by atoms with van der Waals surface area (Å²) in [6.45, 7) is 2.22. The average molecular weight is 333 g/mol. The Kier molecular flexibility index (Phi) is 4.39. The van der Waals surface area contributed by atoms with Gasteiger partial charge in [0.15, 0.2) is 0 Å². The van der Waals surface area contributed by atoms with E-state index in [1.807, 2.05) is 6.92 Å². The van der Waals surface area contributed by atoms with Crippen molar-refractivity contribution in [2.45, 2.75) is 19.9 Å². The summed E-state index contributed by atoms with van der Waals surface area (Å²) in [5.41, 5.74) is 1.62. The molecule has 2 aromatic rings. The SMILES string of the molecule is Cc1cc(Cl)ccc1NC(=O)C1CC1C(=O)NCc1ccco1. The number of rotatable bonds is 5. The van der Waals surface area contributed by atoms with Crippen LogP contribution in [0.4, 0.5) is 5.69 Å². The van der Waals surface area contributed by atoms with Crippen molar-refractivity contribution < 1.29 is 14.0 Å². The van der Waals surface area contributed by atoms with Crippen LogP contribution in [0.15, 0.2) is 41.0 Å². The molecule has 5 nitrogen and oxygen atoms in total. The van der Waals surface area contributed by atoms with Crippen molar-refractivity contribution >= 4 is 29.1 Å². The van der Waals surface area contributed by atoms with Crippen molar-refractivity contribution in [2.75, 3.05) is 5.32 Å². The standard InChI is InChI=1S/C17H17ClN2O3/c1-10-7-11(18)4-5-15(10)20-17(22)14-8-13(14)16(21)19-9-12-3-2-6-23-12/h2-7,13-14H,8-9H2,1H3,(H,19,21)(H,20,22). The summed E-state index contributed by atoms with van der Waals surface area (Å²) in [4.78, 5) is 24.2. The second-order valence-electron chi connectivity index (χ2n) is 5.69. The van der Waals surface area contributed by atoms with Gasteiger partial charge in [-0.1, -0.05) is 11.6 Å². The molecular weight excluding hydrogens is 316 g/mol. The van der Waals surface area contributed by atoms with Crippen LogP contribution >= 0.6 is 11.6 Å². The van der Waals surface area contributed by atoms with Gasteiger partial charge < -0.3 is 15.1 Å². The minimum atomic E-state index is -0.276. The molecule has 0 radical (unpaired) electrons. The number of hydrogen-bond donors (Lipinski definition) is 2. The van der Waals surface area contributed by atoms with Gasteiger partial charge in [-0.15, -0.1) is 0 Å². The fraction of sp³-hybridized carbons (Fsp3) is 0.294. The van der Waals surface area contributed by atoms with E-state index in [2.05, 4.69) is 10.6 Å². The van der Waals surface area contributed by atoms with Crippen molar-refractivity contribution in [3.63, 3.8) is 0 Å². The lowest BCUT2D eigenvalue weighted by Crippen LogP contribution is -2.27. The van der Waals surface area contributed by atoms with Gasteiger partial charge in [0.05, 0.1) is 24.6 Å². The summed E-state index contributed by atoms with van der Waals surface area (Å²) in [6.07, 6.45) is 2.13. The molecule has 1 aromatic carbocycles. The largest absolute Gasteiger partial charge is 0.467 e. The van der Waals surface area contributed by atoms with Crippen LogP contribution in [0.5, 0.6) is 0 Å². The van der Waals surface area contributed by atoms with Crippen LogP contribution in [0.1, 0.15) is 17.7 Å². The third-order valence-electron chi connectivity index (χ3n) is 3.93. The van der Waals surface area contributed by atoms with Crippen molar-refractivity contribution in [3.8, 4) is 0 Å². The fourth-order valence-electron chi connectivity index (χ4n) is 2.49. The van der Waals surface area contributed by atoms with E-state index in [-0.39, 0.29) is 23.7 Å². The first-order valence-electron chi connectivity index (χ1n) is 7.41. The Balaban J connectivity index is 1.51. The second-order valence-corrected chi connectivity index (χ2v) is 6.13. The highest BCUT2D eigenvalue weighted by Gasteiger charge is 2.48. The Hall–Kier alpha value is -2.27. The molecule has 0 bridgehead atoms. The van der Waals surface area contributed by atoms with Crippen LogP contribution in [-0.2, 0) is 16.1 Å². The Labute approximate surface area is 139 Å².